The number of primary amides is 2. The van der Waals surface area contributed by atoms with Crippen molar-refractivity contribution in [1.82, 2.24) is 0 Å². The minimum absolute atomic E-state index is 0.0444. The molecule has 2 aromatic rings. The predicted molar refractivity (Wildman–Crippen MR) is 67.7 cm³/mol. The van der Waals surface area contributed by atoms with Crippen LogP contribution in [0.4, 0.5) is 0 Å². The van der Waals surface area contributed by atoms with Crippen LogP contribution in [-0.4, -0.2) is 18.9 Å². The van der Waals surface area contributed by atoms with E-state index in [1.165, 1.54) is 7.11 Å². The highest BCUT2D eigenvalue weighted by atomic mass is 16.5. The van der Waals surface area contributed by atoms with Gasteiger partial charge in [0, 0.05) is 0 Å². The smallest absolute Gasteiger partial charge is 0.253 e. The maximum absolute atomic E-state index is 11.5. The maximum Gasteiger partial charge on any atom is 0.253 e. The van der Waals surface area contributed by atoms with E-state index in [1.54, 1.807) is 24.3 Å². The van der Waals surface area contributed by atoms with Gasteiger partial charge in [-0.2, -0.15) is 0 Å². The lowest BCUT2D eigenvalue weighted by Crippen LogP contribution is -2.19. The molecule has 0 radical (unpaired) electrons. The number of para-hydroxylation sites is 1. The summed E-state index contributed by atoms with van der Waals surface area (Å²) in [4.78, 5) is 22.7. The summed E-state index contributed by atoms with van der Waals surface area (Å²) in [6.07, 6.45) is 1.12. The summed E-state index contributed by atoms with van der Waals surface area (Å²) in [5.74, 6) is -0.906. The van der Waals surface area contributed by atoms with Gasteiger partial charge in [0.15, 0.2) is 5.76 Å². The van der Waals surface area contributed by atoms with E-state index in [1.807, 2.05) is 0 Å². The van der Waals surface area contributed by atoms with Crippen molar-refractivity contribution in [3.05, 3.63) is 41.7 Å². The van der Waals surface area contributed by atoms with Crippen LogP contribution in [0.25, 0.3) is 11.3 Å². The first-order chi connectivity index (χ1) is 9.06. The number of furan rings is 1. The molecule has 0 saturated carbocycles. The first kappa shape index (κ1) is 12.7. The molecule has 1 heterocycles. The minimum atomic E-state index is -0.788. The fourth-order valence-corrected chi connectivity index (χ4v) is 1.81. The SMILES string of the molecule is COc1ccccc1-c1occ(C(N)=O)c1C(N)=O. The van der Waals surface area contributed by atoms with E-state index in [-0.39, 0.29) is 16.9 Å². The van der Waals surface area contributed by atoms with Gasteiger partial charge in [-0.15, -0.1) is 0 Å². The van der Waals surface area contributed by atoms with Crippen LogP contribution in [0.5, 0.6) is 5.75 Å². The van der Waals surface area contributed by atoms with Crippen molar-refractivity contribution in [3.63, 3.8) is 0 Å². The molecule has 2 amide bonds. The van der Waals surface area contributed by atoms with Gasteiger partial charge in [-0.05, 0) is 12.1 Å². The van der Waals surface area contributed by atoms with Crippen molar-refractivity contribution >= 4 is 11.8 Å². The van der Waals surface area contributed by atoms with Gasteiger partial charge >= 0.3 is 0 Å². The van der Waals surface area contributed by atoms with Gasteiger partial charge in [0.25, 0.3) is 11.8 Å². The second kappa shape index (κ2) is 4.85. The Balaban J connectivity index is 2.69. The average Bonchev–Trinajstić information content (AvgIpc) is 2.83. The highest BCUT2D eigenvalue weighted by Gasteiger charge is 2.24. The Morgan fingerprint density at radius 1 is 1.16 bits per heavy atom. The first-order valence-corrected chi connectivity index (χ1v) is 5.40. The number of hydrogen-bond acceptors (Lipinski definition) is 4. The van der Waals surface area contributed by atoms with Crippen molar-refractivity contribution in [1.29, 1.82) is 0 Å². The fourth-order valence-electron chi connectivity index (χ4n) is 1.81. The highest BCUT2D eigenvalue weighted by molar-refractivity contribution is 6.09. The van der Waals surface area contributed by atoms with E-state index >= 15 is 0 Å². The standard InChI is InChI=1S/C13H12N2O4/c1-18-9-5-3-2-4-7(9)11-10(13(15)17)8(6-19-11)12(14)16/h2-6H,1H3,(H2,14,16)(H2,15,17). The molecule has 1 aromatic heterocycles. The molecular formula is C13H12N2O4. The zero-order valence-electron chi connectivity index (χ0n) is 10.2. The van der Waals surface area contributed by atoms with E-state index in [0.717, 1.165) is 6.26 Å². The van der Waals surface area contributed by atoms with Gasteiger partial charge in [0.05, 0.1) is 23.8 Å². The molecule has 98 valence electrons. The Kier molecular flexibility index (Phi) is 3.24. The first-order valence-electron chi connectivity index (χ1n) is 5.40. The van der Waals surface area contributed by atoms with Crippen LogP contribution in [0.2, 0.25) is 0 Å². The lowest BCUT2D eigenvalue weighted by atomic mass is 10.0. The number of carbonyl (C=O) groups excluding carboxylic acids is 2. The van der Waals surface area contributed by atoms with Crippen molar-refractivity contribution in [3.8, 4) is 17.1 Å². The summed E-state index contributed by atoms with van der Waals surface area (Å²) >= 11 is 0. The number of carbonyl (C=O) groups is 2. The normalized spacial score (nSPS) is 10.2. The Morgan fingerprint density at radius 3 is 2.42 bits per heavy atom. The third kappa shape index (κ3) is 2.15. The quantitative estimate of drug-likeness (QED) is 0.859. The molecular weight excluding hydrogens is 248 g/mol. The number of hydrogen-bond donors (Lipinski definition) is 2. The average molecular weight is 260 g/mol. The molecule has 0 bridgehead atoms. The van der Waals surface area contributed by atoms with Gasteiger partial charge in [0.1, 0.15) is 12.0 Å². The molecule has 0 fully saturated rings. The van der Waals surface area contributed by atoms with Crippen LogP contribution in [0, 0.1) is 0 Å². The third-order valence-corrected chi connectivity index (χ3v) is 2.65. The Labute approximate surface area is 108 Å². The topological polar surface area (TPSA) is 109 Å². The summed E-state index contributed by atoms with van der Waals surface area (Å²) in [6, 6.07) is 6.90. The molecule has 0 aliphatic rings. The van der Waals surface area contributed by atoms with Crippen LogP contribution in [0.15, 0.2) is 34.9 Å². The van der Waals surface area contributed by atoms with Crippen molar-refractivity contribution < 1.29 is 18.7 Å². The van der Waals surface area contributed by atoms with E-state index in [9.17, 15) is 9.59 Å². The molecule has 0 atom stereocenters. The van der Waals surface area contributed by atoms with E-state index in [2.05, 4.69) is 0 Å². The molecule has 1 aromatic carbocycles. The number of benzene rings is 1. The van der Waals surface area contributed by atoms with E-state index < -0.39 is 11.8 Å². The van der Waals surface area contributed by atoms with Crippen LogP contribution in [0.3, 0.4) is 0 Å². The summed E-state index contributed by atoms with van der Waals surface area (Å²) in [5.41, 5.74) is 10.9. The summed E-state index contributed by atoms with van der Waals surface area (Å²) in [5, 5.41) is 0. The molecule has 19 heavy (non-hydrogen) atoms. The minimum Gasteiger partial charge on any atom is -0.496 e. The second-order valence-corrected chi connectivity index (χ2v) is 3.78. The number of nitrogens with two attached hydrogens (primary N) is 2. The zero-order valence-corrected chi connectivity index (χ0v) is 10.2. The summed E-state index contributed by atoms with van der Waals surface area (Å²) in [6.45, 7) is 0. The molecule has 6 nitrogen and oxygen atoms in total. The van der Waals surface area contributed by atoms with Crippen molar-refractivity contribution in [2.45, 2.75) is 0 Å². The van der Waals surface area contributed by atoms with Crippen LogP contribution >= 0.6 is 0 Å². The van der Waals surface area contributed by atoms with Crippen molar-refractivity contribution in [2.75, 3.05) is 7.11 Å². The largest absolute Gasteiger partial charge is 0.496 e. The predicted octanol–water partition coefficient (Wildman–Crippen LogP) is 1.15. The van der Waals surface area contributed by atoms with E-state index in [0.29, 0.717) is 11.3 Å². The number of amides is 2. The molecule has 2 rings (SSSR count). The van der Waals surface area contributed by atoms with Crippen LogP contribution in [-0.2, 0) is 0 Å². The summed E-state index contributed by atoms with van der Waals surface area (Å²) < 4.78 is 10.4. The zero-order chi connectivity index (χ0) is 14.0. The number of ether oxygens (including phenoxy) is 1. The Hall–Kier alpha value is -2.76. The molecule has 4 N–H and O–H groups in total. The number of rotatable bonds is 4. The maximum atomic E-state index is 11.5. The van der Waals surface area contributed by atoms with Crippen LogP contribution in [0.1, 0.15) is 20.7 Å². The van der Waals surface area contributed by atoms with Gasteiger partial charge in [0.2, 0.25) is 0 Å². The molecule has 0 aliphatic heterocycles. The van der Waals surface area contributed by atoms with Gasteiger partial charge in [-0.25, -0.2) is 0 Å². The van der Waals surface area contributed by atoms with Crippen molar-refractivity contribution in [2.24, 2.45) is 11.5 Å². The summed E-state index contributed by atoms with van der Waals surface area (Å²) in [7, 11) is 1.49. The Morgan fingerprint density at radius 2 is 1.84 bits per heavy atom. The van der Waals surface area contributed by atoms with Gasteiger partial charge in [-0.3, -0.25) is 9.59 Å². The highest BCUT2D eigenvalue weighted by Crippen LogP contribution is 2.34. The Bertz CT molecular complexity index is 646. The van der Waals surface area contributed by atoms with Gasteiger partial charge < -0.3 is 20.6 Å². The second-order valence-electron chi connectivity index (χ2n) is 3.78. The third-order valence-electron chi connectivity index (χ3n) is 2.65. The number of methoxy groups -OCH3 is 1. The lowest BCUT2D eigenvalue weighted by molar-refractivity contribution is 0.0968. The van der Waals surface area contributed by atoms with Gasteiger partial charge in [-0.1, -0.05) is 12.1 Å². The molecule has 6 heteroatoms. The lowest BCUT2D eigenvalue weighted by Gasteiger charge is -2.06. The molecule has 0 spiro atoms. The molecule has 0 unspecified atom stereocenters. The molecule has 0 saturated heterocycles. The van der Waals surface area contributed by atoms with Crippen LogP contribution < -0.4 is 16.2 Å². The van der Waals surface area contributed by atoms with E-state index in [4.69, 9.17) is 20.6 Å². The monoisotopic (exact) mass is 260 g/mol. The molecule has 0 aliphatic carbocycles. The fraction of sp³-hybridized carbons (Fsp3) is 0.0769.